The summed E-state index contributed by atoms with van der Waals surface area (Å²) in [6.45, 7) is 4.04. The molecule has 0 saturated carbocycles. The number of benzene rings is 1. The lowest BCUT2D eigenvalue weighted by Crippen LogP contribution is -2.07. The van der Waals surface area contributed by atoms with Crippen molar-refractivity contribution in [2.45, 2.75) is 26.7 Å². The largest absolute Gasteiger partial charge is 0.373 e. The summed E-state index contributed by atoms with van der Waals surface area (Å²) in [7, 11) is 1.84. The van der Waals surface area contributed by atoms with Crippen molar-refractivity contribution in [2.24, 2.45) is 0 Å². The summed E-state index contributed by atoms with van der Waals surface area (Å²) in [4.78, 5) is 9.03. The lowest BCUT2D eigenvalue weighted by Gasteiger charge is -2.14. The molecule has 0 amide bonds. The Balaban J connectivity index is 2.37. The Kier molecular flexibility index (Phi) is 5.12. The van der Waals surface area contributed by atoms with Crippen molar-refractivity contribution in [2.75, 3.05) is 17.7 Å². The summed E-state index contributed by atoms with van der Waals surface area (Å²) >= 11 is 3.19. The SMILES string of the molecule is CCCc1nc(NC)c(C)c(Nc2ccc(F)c(Br)c2)n1. The Hall–Kier alpha value is -1.69. The van der Waals surface area contributed by atoms with E-state index >= 15 is 0 Å². The minimum absolute atomic E-state index is 0.289. The predicted octanol–water partition coefficient (Wildman–Crippen LogP) is 4.42. The summed E-state index contributed by atoms with van der Waals surface area (Å²) < 4.78 is 13.7. The number of hydrogen-bond acceptors (Lipinski definition) is 4. The molecule has 0 bridgehead atoms. The van der Waals surface area contributed by atoms with Gasteiger partial charge in [0.2, 0.25) is 0 Å². The van der Waals surface area contributed by atoms with Crippen LogP contribution in [0.1, 0.15) is 24.7 Å². The highest BCUT2D eigenvalue weighted by Crippen LogP contribution is 2.26. The second kappa shape index (κ2) is 6.85. The number of nitrogens with one attached hydrogen (secondary N) is 2. The van der Waals surface area contributed by atoms with Crippen LogP contribution in [0, 0.1) is 12.7 Å². The lowest BCUT2D eigenvalue weighted by atomic mass is 10.2. The maximum atomic E-state index is 13.3. The first-order chi connectivity index (χ1) is 10.0. The lowest BCUT2D eigenvalue weighted by molar-refractivity contribution is 0.621. The van der Waals surface area contributed by atoms with Crippen molar-refractivity contribution >= 4 is 33.3 Å². The molecule has 2 N–H and O–H groups in total. The molecule has 0 aliphatic carbocycles. The van der Waals surface area contributed by atoms with Gasteiger partial charge < -0.3 is 10.6 Å². The van der Waals surface area contributed by atoms with Crippen LogP contribution in [0.5, 0.6) is 0 Å². The van der Waals surface area contributed by atoms with Gasteiger partial charge in [-0.15, -0.1) is 0 Å². The van der Waals surface area contributed by atoms with Crippen LogP contribution in [-0.2, 0) is 6.42 Å². The number of hydrogen-bond donors (Lipinski definition) is 2. The molecule has 2 rings (SSSR count). The highest BCUT2D eigenvalue weighted by Gasteiger charge is 2.10. The molecule has 0 fully saturated rings. The molecule has 1 heterocycles. The van der Waals surface area contributed by atoms with Gasteiger partial charge in [0.1, 0.15) is 23.3 Å². The van der Waals surface area contributed by atoms with E-state index in [0.29, 0.717) is 4.47 Å². The molecule has 4 nitrogen and oxygen atoms in total. The first-order valence-corrected chi connectivity index (χ1v) is 7.61. The zero-order valence-electron chi connectivity index (χ0n) is 12.3. The molecular weight excluding hydrogens is 335 g/mol. The molecule has 0 unspecified atom stereocenters. The van der Waals surface area contributed by atoms with Crippen LogP contribution in [0.3, 0.4) is 0 Å². The van der Waals surface area contributed by atoms with Gasteiger partial charge in [-0.1, -0.05) is 6.92 Å². The van der Waals surface area contributed by atoms with E-state index in [4.69, 9.17) is 0 Å². The van der Waals surface area contributed by atoms with Crippen molar-refractivity contribution in [1.29, 1.82) is 0 Å². The standard InChI is InChI=1S/C15H18BrFN4/c1-4-5-13-20-14(18-3)9(2)15(21-13)19-10-6-7-12(17)11(16)8-10/h6-8H,4-5H2,1-3H3,(H2,18,19,20,21). The van der Waals surface area contributed by atoms with Crippen LogP contribution in [0.15, 0.2) is 22.7 Å². The zero-order valence-corrected chi connectivity index (χ0v) is 13.9. The van der Waals surface area contributed by atoms with E-state index in [1.165, 1.54) is 6.07 Å². The molecule has 0 radical (unpaired) electrons. The van der Waals surface area contributed by atoms with E-state index < -0.39 is 0 Å². The Bertz CT molecular complexity index is 646. The van der Waals surface area contributed by atoms with Gasteiger partial charge in [0.15, 0.2) is 0 Å². The van der Waals surface area contributed by atoms with Crippen molar-refractivity contribution in [3.05, 3.63) is 39.9 Å². The van der Waals surface area contributed by atoms with Crippen LogP contribution in [-0.4, -0.2) is 17.0 Å². The van der Waals surface area contributed by atoms with E-state index in [0.717, 1.165) is 41.6 Å². The molecule has 21 heavy (non-hydrogen) atoms. The molecule has 0 spiro atoms. The fraction of sp³-hybridized carbons (Fsp3) is 0.333. The molecular formula is C15H18BrFN4. The quantitative estimate of drug-likeness (QED) is 0.835. The second-order valence-electron chi connectivity index (χ2n) is 4.72. The van der Waals surface area contributed by atoms with Gasteiger partial charge in [0.25, 0.3) is 0 Å². The van der Waals surface area contributed by atoms with Gasteiger partial charge in [-0.2, -0.15) is 0 Å². The number of anilines is 3. The smallest absolute Gasteiger partial charge is 0.139 e. The van der Waals surface area contributed by atoms with E-state index in [2.05, 4.69) is 43.5 Å². The van der Waals surface area contributed by atoms with Crippen LogP contribution >= 0.6 is 15.9 Å². The first-order valence-electron chi connectivity index (χ1n) is 6.82. The zero-order chi connectivity index (χ0) is 15.4. The molecule has 1 aromatic carbocycles. The molecule has 0 aliphatic heterocycles. The van der Waals surface area contributed by atoms with Gasteiger partial charge in [-0.25, -0.2) is 14.4 Å². The third-order valence-electron chi connectivity index (χ3n) is 3.08. The highest BCUT2D eigenvalue weighted by molar-refractivity contribution is 9.10. The van der Waals surface area contributed by atoms with Crippen LogP contribution in [0.4, 0.5) is 21.7 Å². The Labute approximate surface area is 132 Å². The van der Waals surface area contributed by atoms with Crippen LogP contribution in [0.2, 0.25) is 0 Å². The average Bonchev–Trinajstić information content (AvgIpc) is 2.46. The summed E-state index contributed by atoms with van der Waals surface area (Å²) in [6.07, 6.45) is 1.80. The van der Waals surface area contributed by atoms with Crippen molar-refractivity contribution in [1.82, 2.24) is 9.97 Å². The number of halogens is 2. The number of aryl methyl sites for hydroxylation is 1. The predicted molar refractivity (Wildman–Crippen MR) is 87.7 cm³/mol. The first kappa shape index (κ1) is 15.7. The molecule has 2 aromatic rings. The fourth-order valence-electron chi connectivity index (χ4n) is 1.97. The maximum Gasteiger partial charge on any atom is 0.139 e. The minimum Gasteiger partial charge on any atom is -0.373 e. The van der Waals surface area contributed by atoms with E-state index in [1.54, 1.807) is 12.1 Å². The summed E-state index contributed by atoms with van der Waals surface area (Å²) in [5.41, 5.74) is 1.70. The minimum atomic E-state index is -0.289. The maximum absolute atomic E-state index is 13.3. The number of nitrogens with zero attached hydrogens (tertiary/aromatic N) is 2. The van der Waals surface area contributed by atoms with E-state index in [9.17, 15) is 4.39 Å². The number of rotatable bonds is 5. The van der Waals surface area contributed by atoms with E-state index in [-0.39, 0.29) is 5.82 Å². The van der Waals surface area contributed by atoms with Crippen molar-refractivity contribution in [3.8, 4) is 0 Å². The third kappa shape index (κ3) is 3.69. The summed E-state index contributed by atoms with van der Waals surface area (Å²) in [6, 6.07) is 4.78. The van der Waals surface area contributed by atoms with Crippen LogP contribution < -0.4 is 10.6 Å². The fourth-order valence-corrected chi connectivity index (χ4v) is 2.35. The molecule has 6 heteroatoms. The number of aromatic nitrogens is 2. The van der Waals surface area contributed by atoms with Gasteiger partial charge in [-0.3, -0.25) is 0 Å². The molecule has 112 valence electrons. The van der Waals surface area contributed by atoms with E-state index in [1.807, 2.05) is 14.0 Å². The monoisotopic (exact) mass is 352 g/mol. The third-order valence-corrected chi connectivity index (χ3v) is 3.69. The van der Waals surface area contributed by atoms with Crippen molar-refractivity contribution < 1.29 is 4.39 Å². The second-order valence-corrected chi connectivity index (χ2v) is 5.57. The highest BCUT2D eigenvalue weighted by atomic mass is 79.9. The Morgan fingerprint density at radius 3 is 2.57 bits per heavy atom. The van der Waals surface area contributed by atoms with Gasteiger partial charge >= 0.3 is 0 Å². The molecule has 1 aromatic heterocycles. The average molecular weight is 353 g/mol. The molecule has 0 saturated heterocycles. The van der Waals surface area contributed by atoms with Crippen LogP contribution in [0.25, 0.3) is 0 Å². The van der Waals surface area contributed by atoms with Gasteiger partial charge in [0.05, 0.1) is 4.47 Å². The van der Waals surface area contributed by atoms with Crippen molar-refractivity contribution in [3.63, 3.8) is 0 Å². The Morgan fingerprint density at radius 2 is 1.95 bits per heavy atom. The Morgan fingerprint density at radius 1 is 1.24 bits per heavy atom. The summed E-state index contributed by atoms with van der Waals surface area (Å²) in [5.74, 6) is 2.03. The van der Waals surface area contributed by atoms with Gasteiger partial charge in [0, 0.05) is 24.7 Å². The normalized spacial score (nSPS) is 10.5. The summed E-state index contributed by atoms with van der Waals surface area (Å²) in [5, 5.41) is 6.31. The molecule has 0 aliphatic rings. The topological polar surface area (TPSA) is 49.8 Å². The molecule has 0 atom stereocenters. The van der Waals surface area contributed by atoms with Gasteiger partial charge in [-0.05, 0) is 47.5 Å².